The zero-order valence-electron chi connectivity index (χ0n) is 15.7. The SMILES string of the molecule is CC1(C(=O)Nc2nc3scc(-c4ccc(Cl)cc4)n3n2)CC(=O)N=C2C=CC=CN21. The summed E-state index contributed by atoms with van der Waals surface area (Å²) < 4.78 is 1.67. The van der Waals surface area contributed by atoms with Gasteiger partial charge in [-0.25, -0.2) is 4.52 Å². The summed E-state index contributed by atoms with van der Waals surface area (Å²) in [4.78, 5) is 36.0. The lowest BCUT2D eigenvalue weighted by atomic mass is 9.91. The number of hydrogen-bond acceptors (Lipinski definition) is 6. The Bertz CT molecular complexity index is 1270. The lowest BCUT2D eigenvalue weighted by Crippen LogP contribution is -2.58. The molecular weight excluding hydrogens is 424 g/mol. The molecular formula is C20H15ClN6O2S. The lowest BCUT2D eigenvalue weighted by molar-refractivity contribution is -0.130. The first-order valence-electron chi connectivity index (χ1n) is 9.11. The van der Waals surface area contributed by atoms with E-state index in [-0.39, 0.29) is 24.2 Å². The van der Waals surface area contributed by atoms with Crippen LogP contribution >= 0.6 is 22.9 Å². The number of thiazole rings is 1. The van der Waals surface area contributed by atoms with Gasteiger partial charge >= 0.3 is 0 Å². The van der Waals surface area contributed by atoms with Gasteiger partial charge in [-0.2, -0.15) is 9.98 Å². The number of allylic oxidation sites excluding steroid dienone is 2. The van der Waals surface area contributed by atoms with Crippen molar-refractivity contribution in [3.8, 4) is 11.3 Å². The van der Waals surface area contributed by atoms with E-state index < -0.39 is 5.54 Å². The van der Waals surface area contributed by atoms with Crippen LogP contribution in [-0.2, 0) is 9.59 Å². The van der Waals surface area contributed by atoms with Crippen molar-refractivity contribution in [3.05, 3.63) is 59.1 Å². The van der Waals surface area contributed by atoms with Crippen LogP contribution < -0.4 is 5.32 Å². The number of carbonyl (C=O) groups excluding carboxylic acids is 2. The van der Waals surface area contributed by atoms with E-state index in [0.29, 0.717) is 15.8 Å². The summed E-state index contributed by atoms with van der Waals surface area (Å²) >= 11 is 7.39. The Hall–Kier alpha value is -3.30. The second-order valence-electron chi connectivity index (χ2n) is 7.10. The van der Waals surface area contributed by atoms with Gasteiger partial charge in [-0.1, -0.05) is 29.8 Å². The molecule has 5 rings (SSSR count). The van der Waals surface area contributed by atoms with E-state index in [4.69, 9.17) is 11.6 Å². The number of nitrogens with zero attached hydrogens (tertiary/aromatic N) is 5. The van der Waals surface area contributed by atoms with Gasteiger partial charge in [-0.15, -0.1) is 16.4 Å². The number of aromatic nitrogens is 3. The Morgan fingerprint density at radius 3 is 2.87 bits per heavy atom. The van der Waals surface area contributed by atoms with Crippen LogP contribution in [-0.4, -0.2) is 42.7 Å². The number of anilines is 1. The maximum absolute atomic E-state index is 13.2. The molecule has 0 saturated carbocycles. The summed E-state index contributed by atoms with van der Waals surface area (Å²) in [5, 5.41) is 9.80. The Balaban J connectivity index is 1.44. The zero-order valence-corrected chi connectivity index (χ0v) is 17.3. The highest BCUT2D eigenvalue weighted by atomic mass is 35.5. The number of amidine groups is 1. The van der Waals surface area contributed by atoms with Crippen molar-refractivity contribution < 1.29 is 9.59 Å². The maximum Gasteiger partial charge on any atom is 0.253 e. The van der Waals surface area contributed by atoms with Gasteiger partial charge in [0.25, 0.3) is 17.8 Å². The Labute approximate surface area is 180 Å². The highest BCUT2D eigenvalue weighted by Crippen LogP contribution is 2.30. The molecule has 2 aliphatic rings. The van der Waals surface area contributed by atoms with Gasteiger partial charge in [0.1, 0.15) is 11.4 Å². The molecule has 4 heterocycles. The van der Waals surface area contributed by atoms with Crippen LogP contribution in [0.2, 0.25) is 5.02 Å². The van der Waals surface area contributed by atoms with E-state index in [1.165, 1.54) is 11.3 Å². The molecule has 8 nitrogen and oxygen atoms in total. The topological polar surface area (TPSA) is 92.0 Å². The third-order valence-electron chi connectivity index (χ3n) is 5.04. The molecule has 1 N–H and O–H groups in total. The molecule has 150 valence electrons. The predicted octanol–water partition coefficient (Wildman–Crippen LogP) is 3.52. The molecule has 0 aliphatic carbocycles. The normalized spacial score (nSPS) is 20.4. The van der Waals surface area contributed by atoms with E-state index in [1.807, 2.05) is 17.5 Å². The average molecular weight is 439 g/mol. The molecule has 2 aliphatic heterocycles. The van der Waals surface area contributed by atoms with Gasteiger partial charge in [0.05, 0.1) is 12.1 Å². The second-order valence-corrected chi connectivity index (χ2v) is 8.37. The molecule has 3 aromatic rings. The molecule has 0 fully saturated rings. The second kappa shape index (κ2) is 6.89. The summed E-state index contributed by atoms with van der Waals surface area (Å²) in [7, 11) is 0. The molecule has 0 radical (unpaired) electrons. The fourth-order valence-corrected chi connectivity index (χ4v) is 4.43. The minimum absolute atomic E-state index is 0.0429. The quantitative estimate of drug-likeness (QED) is 0.675. The van der Waals surface area contributed by atoms with Crippen LogP contribution in [0.25, 0.3) is 16.2 Å². The van der Waals surface area contributed by atoms with Crippen molar-refractivity contribution in [3.63, 3.8) is 0 Å². The highest BCUT2D eigenvalue weighted by Gasteiger charge is 2.45. The van der Waals surface area contributed by atoms with Crippen molar-refractivity contribution in [1.29, 1.82) is 0 Å². The average Bonchev–Trinajstić information content (AvgIpc) is 3.29. The standard InChI is InChI=1S/C20H15ClN6O2S/c1-20(10-16(28)22-15-4-2-3-9-26(15)20)17(29)23-18-24-19-27(25-18)14(11-30-19)12-5-7-13(21)8-6-12/h2-9,11H,10H2,1H3,(H,23,25,29). The fraction of sp³-hybridized carbons (Fsp3) is 0.150. The third kappa shape index (κ3) is 3.03. The third-order valence-corrected chi connectivity index (χ3v) is 6.11. The van der Waals surface area contributed by atoms with Crippen LogP contribution in [0, 0.1) is 0 Å². The molecule has 0 spiro atoms. The van der Waals surface area contributed by atoms with Crippen molar-refractivity contribution in [2.24, 2.45) is 4.99 Å². The van der Waals surface area contributed by atoms with Crippen LogP contribution in [0.5, 0.6) is 0 Å². The number of aliphatic imine (C=N–C) groups is 1. The summed E-state index contributed by atoms with van der Waals surface area (Å²) in [6.07, 6.45) is 6.96. The van der Waals surface area contributed by atoms with E-state index in [0.717, 1.165) is 11.3 Å². The van der Waals surface area contributed by atoms with Crippen molar-refractivity contribution in [2.45, 2.75) is 18.9 Å². The smallest absolute Gasteiger partial charge is 0.253 e. The van der Waals surface area contributed by atoms with Crippen LogP contribution in [0.15, 0.2) is 59.1 Å². The summed E-state index contributed by atoms with van der Waals surface area (Å²) in [5.74, 6) is -0.108. The Morgan fingerprint density at radius 2 is 2.07 bits per heavy atom. The van der Waals surface area contributed by atoms with E-state index >= 15 is 0 Å². The number of hydrogen-bond donors (Lipinski definition) is 1. The number of benzene rings is 1. The monoisotopic (exact) mass is 438 g/mol. The number of rotatable bonds is 3. The lowest BCUT2D eigenvalue weighted by Gasteiger charge is -2.41. The first-order chi connectivity index (χ1) is 14.4. The zero-order chi connectivity index (χ0) is 20.9. The van der Waals surface area contributed by atoms with Crippen LogP contribution in [0.4, 0.5) is 5.95 Å². The molecule has 30 heavy (non-hydrogen) atoms. The number of amides is 2. The van der Waals surface area contributed by atoms with E-state index in [2.05, 4.69) is 20.4 Å². The molecule has 2 aromatic heterocycles. The molecule has 1 atom stereocenters. The van der Waals surface area contributed by atoms with Crippen LogP contribution in [0.1, 0.15) is 13.3 Å². The number of carbonyl (C=O) groups is 2. The molecule has 1 aromatic carbocycles. The first-order valence-corrected chi connectivity index (χ1v) is 10.4. The van der Waals surface area contributed by atoms with Gasteiger partial charge in [0, 0.05) is 22.2 Å². The van der Waals surface area contributed by atoms with Crippen molar-refractivity contribution in [2.75, 3.05) is 5.32 Å². The largest absolute Gasteiger partial charge is 0.317 e. The Kier molecular flexibility index (Phi) is 4.30. The summed E-state index contributed by atoms with van der Waals surface area (Å²) in [6.45, 7) is 1.70. The molecule has 0 bridgehead atoms. The number of fused-ring (bicyclic) bond motifs is 2. The fourth-order valence-electron chi connectivity index (χ4n) is 3.47. The van der Waals surface area contributed by atoms with Gasteiger partial charge in [0.2, 0.25) is 4.96 Å². The molecule has 1 unspecified atom stereocenters. The van der Waals surface area contributed by atoms with Gasteiger partial charge in [0.15, 0.2) is 0 Å². The van der Waals surface area contributed by atoms with Crippen molar-refractivity contribution >= 4 is 51.5 Å². The van der Waals surface area contributed by atoms with Gasteiger partial charge < -0.3 is 4.90 Å². The van der Waals surface area contributed by atoms with Crippen LogP contribution in [0.3, 0.4) is 0 Å². The predicted molar refractivity (Wildman–Crippen MR) is 116 cm³/mol. The first kappa shape index (κ1) is 18.7. The minimum atomic E-state index is -1.13. The van der Waals surface area contributed by atoms with E-state index in [1.54, 1.807) is 52.9 Å². The molecule has 0 saturated heterocycles. The summed E-state index contributed by atoms with van der Waals surface area (Å²) in [5.41, 5.74) is 0.647. The number of halogens is 1. The minimum Gasteiger partial charge on any atom is -0.317 e. The van der Waals surface area contributed by atoms with Gasteiger partial charge in [-0.05, 0) is 31.2 Å². The summed E-state index contributed by atoms with van der Waals surface area (Å²) in [6, 6.07) is 7.41. The molecule has 2 amide bonds. The molecule has 10 heteroatoms. The maximum atomic E-state index is 13.2. The van der Waals surface area contributed by atoms with Gasteiger partial charge in [-0.3, -0.25) is 14.9 Å². The van der Waals surface area contributed by atoms with E-state index in [9.17, 15) is 9.59 Å². The highest BCUT2D eigenvalue weighted by molar-refractivity contribution is 7.15. The number of nitrogens with one attached hydrogen (secondary N) is 1. The Morgan fingerprint density at radius 1 is 1.27 bits per heavy atom. The van der Waals surface area contributed by atoms with Crippen molar-refractivity contribution in [1.82, 2.24) is 19.5 Å².